The van der Waals surface area contributed by atoms with Gasteiger partial charge in [0, 0.05) is 30.1 Å². The summed E-state index contributed by atoms with van der Waals surface area (Å²) in [5.41, 5.74) is 1.79. The van der Waals surface area contributed by atoms with Gasteiger partial charge in [0.25, 0.3) is 17.0 Å². The Balaban J connectivity index is 1.32. The number of aromatic nitrogens is 5. The third-order valence-electron chi connectivity index (χ3n) is 5.24. The first-order chi connectivity index (χ1) is 16.1. The van der Waals surface area contributed by atoms with Gasteiger partial charge in [-0.25, -0.2) is 4.98 Å². The van der Waals surface area contributed by atoms with Crippen LogP contribution in [0.15, 0.2) is 81.1 Å². The molecule has 0 atom stereocenters. The fourth-order valence-corrected chi connectivity index (χ4v) is 3.63. The number of ether oxygens (including phenoxy) is 2. The van der Waals surface area contributed by atoms with E-state index in [4.69, 9.17) is 14.0 Å². The van der Waals surface area contributed by atoms with E-state index in [0.717, 1.165) is 0 Å². The van der Waals surface area contributed by atoms with Gasteiger partial charge in [0.15, 0.2) is 11.5 Å². The highest BCUT2D eigenvalue weighted by molar-refractivity contribution is 5.63. The molecule has 0 radical (unpaired) electrons. The normalized spacial score (nSPS) is 12.4. The van der Waals surface area contributed by atoms with Gasteiger partial charge in [0.2, 0.25) is 12.6 Å². The van der Waals surface area contributed by atoms with Crippen LogP contribution >= 0.6 is 0 Å². The van der Waals surface area contributed by atoms with Gasteiger partial charge < -0.3 is 18.6 Å². The van der Waals surface area contributed by atoms with E-state index in [9.17, 15) is 9.59 Å². The molecule has 5 heterocycles. The van der Waals surface area contributed by atoms with Crippen molar-refractivity contribution in [2.75, 3.05) is 6.79 Å². The maximum atomic E-state index is 12.5. The Bertz CT molecular complexity index is 1630. The highest BCUT2D eigenvalue weighted by atomic mass is 16.7. The molecule has 0 fully saturated rings. The van der Waals surface area contributed by atoms with Gasteiger partial charge >= 0.3 is 0 Å². The zero-order chi connectivity index (χ0) is 22.4. The van der Waals surface area contributed by atoms with Gasteiger partial charge in [-0.3, -0.25) is 14.0 Å². The Morgan fingerprint density at radius 2 is 1.76 bits per heavy atom. The van der Waals surface area contributed by atoms with Crippen LogP contribution in [0.4, 0.5) is 0 Å². The molecule has 1 aliphatic rings. The molecule has 0 N–H and O–H groups in total. The van der Waals surface area contributed by atoms with Crippen LogP contribution in [-0.4, -0.2) is 30.9 Å². The lowest BCUT2D eigenvalue weighted by Crippen LogP contribution is -2.22. The van der Waals surface area contributed by atoms with Crippen molar-refractivity contribution >= 4 is 5.65 Å². The van der Waals surface area contributed by atoms with Gasteiger partial charge in [-0.05, 0) is 36.4 Å². The Hall–Kier alpha value is -4.73. The van der Waals surface area contributed by atoms with Gasteiger partial charge in [0.05, 0.1) is 17.8 Å². The number of benzene rings is 1. The lowest BCUT2D eigenvalue weighted by Gasteiger charge is -2.07. The van der Waals surface area contributed by atoms with Gasteiger partial charge in [0.1, 0.15) is 5.65 Å². The molecule has 162 valence electrons. The van der Waals surface area contributed by atoms with Gasteiger partial charge in [-0.2, -0.15) is 4.98 Å². The molecule has 0 bridgehead atoms. The Kier molecular flexibility index (Phi) is 4.29. The van der Waals surface area contributed by atoms with Gasteiger partial charge in [-0.15, -0.1) is 0 Å². The minimum Gasteiger partial charge on any atom is -0.454 e. The topological polar surface area (TPSA) is 114 Å². The minimum absolute atomic E-state index is 0.121. The molecule has 0 spiro atoms. The summed E-state index contributed by atoms with van der Waals surface area (Å²) in [6, 6.07) is 15.1. The van der Waals surface area contributed by atoms with E-state index in [-0.39, 0.29) is 30.3 Å². The Labute approximate surface area is 185 Å². The van der Waals surface area contributed by atoms with Gasteiger partial charge in [-0.1, -0.05) is 11.2 Å². The maximum absolute atomic E-state index is 12.5. The molecule has 1 aromatic carbocycles. The fraction of sp³-hybridized carbons (Fsp3) is 0.0870. The van der Waals surface area contributed by atoms with Crippen molar-refractivity contribution in [3.05, 3.63) is 93.4 Å². The van der Waals surface area contributed by atoms with Crippen molar-refractivity contribution in [3.8, 4) is 34.3 Å². The molecule has 1 aliphatic heterocycles. The third kappa shape index (κ3) is 3.43. The van der Waals surface area contributed by atoms with E-state index >= 15 is 0 Å². The summed E-state index contributed by atoms with van der Waals surface area (Å²) in [4.78, 5) is 33.7. The van der Waals surface area contributed by atoms with E-state index in [2.05, 4.69) is 15.1 Å². The van der Waals surface area contributed by atoms with Crippen LogP contribution < -0.4 is 20.6 Å². The second-order valence-corrected chi connectivity index (χ2v) is 7.39. The predicted octanol–water partition coefficient (Wildman–Crippen LogP) is 2.35. The number of hydrogen-bond donors (Lipinski definition) is 0. The molecule has 0 saturated carbocycles. The summed E-state index contributed by atoms with van der Waals surface area (Å²) < 4.78 is 19.0. The first kappa shape index (κ1) is 19.0. The van der Waals surface area contributed by atoms with E-state index in [1.54, 1.807) is 48.8 Å². The fourth-order valence-electron chi connectivity index (χ4n) is 3.63. The Morgan fingerprint density at radius 1 is 0.879 bits per heavy atom. The van der Waals surface area contributed by atoms with Crippen LogP contribution in [0.3, 0.4) is 0 Å². The van der Waals surface area contributed by atoms with E-state index in [0.29, 0.717) is 39.8 Å². The number of fused-ring (bicyclic) bond motifs is 2. The summed E-state index contributed by atoms with van der Waals surface area (Å²) in [7, 11) is 0. The Morgan fingerprint density at radius 3 is 2.70 bits per heavy atom. The quantitative estimate of drug-likeness (QED) is 0.418. The van der Waals surface area contributed by atoms with Crippen LogP contribution in [0.25, 0.3) is 28.5 Å². The van der Waals surface area contributed by atoms with Crippen LogP contribution in [0.1, 0.15) is 5.69 Å². The van der Waals surface area contributed by atoms with Crippen molar-refractivity contribution in [1.82, 2.24) is 24.1 Å². The molecule has 0 aliphatic carbocycles. The molecular formula is C23H15N5O5. The van der Waals surface area contributed by atoms with E-state index in [1.165, 1.54) is 21.1 Å². The first-order valence-corrected chi connectivity index (χ1v) is 10.1. The van der Waals surface area contributed by atoms with Crippen molar-refractivity contribution in [3.63, 3.8) is 0 Å². The summed E-state index contributed by atoms with van der Waals surface area (Å²) in [6.07, 6.45) is 3.25. The van der Waals surface area contributed by atoms with Crippen LogP contribution in [0, 0.1) is 0 Å². The van der Waals surface area contributed by atoms with Crippen LogP contribution in [0.5, 0.6) is 11.5 Å². The molecule has 33 heavy (non-hydrogen) atoms. The largest absolute Gasteiger partial charge is 0.454 e. The highest BCUT2D eigenvalue weighted by Gasteiger charge is 2.17. The molecular weight excluding hydrogens is 426 g/mol. The zero-order valence-corrected chi connectivity index (χ0v) is 17.0. The molecule has 10 nitrogen and oxygen atoms in total. The number of pyridine rings is 2. The number of nitrogens with zero attached hydrogens (tertiary/aromatic N) is 5. The standard InChI is InChI=1S/C23H15N5O5/c29-20-7-5-15(11-27(20)12-16-10-21(30)28-8-2-1-3-19(28)24-16)23-25-22(26-33-23)14-4-6-17-18(9-14)32-13-31-17/h1-11H,12-13H2. The third-order valence-corrected chi connectivity index (χ3v) is 5.24. The van der Waals surface area contributed by atoms with Crippen molar-refractivity contribution in [2.24, 2.45) is 0 Å². The average molecular weight is 441 g/mol. The van der Waals surface area contributed by atoms with Crippen molar-refractivity contribution < 1.29 is 14.0 Å². The SMILES string of the molecule is O=c1ccc(-c2nc(-c3ccc4c(c3)OCO4)no2)cn1Cc1cc(=O)n2ccccc2n1. The first-order valence-electron chi connectivity index (χ1n) is 10.1. The molecule has 5 aromatic rings. The molecule has 0 unspecified atom stereocenters. The summed E-state index contributed by atoms with van der Waals surface area (Å²) >= 11 is 0. The summed E-state index contributed by atoms with van der Waals surface area (Å²) in [5, 5.41) is 4.04. The zero-order valence-electron chi connectivity index (χ0n) is 17.0. The van der Waals surface area contributed by atoms with Crippen molar-refractivity contribution in [1.29, 1.82) is 0 Å². The van der Waals surface area contributed by atoms with E-state index in [1.807, 2.05) is 6.07 Å². The predicted molar refractivity (Wildman–Crippen MR) is 116 cm³/mol. The smallest absolute Gasteiger partial charge is 0.259 e. The minimum atomic E-state index is -0.246. The summed E-state index contributed by atoms with van der Waals surface area (Å²) in [5.74, 6) is 1.91. The number of rotatable bonds is 4. The molecule has 10 heteroatoms. The molecule has 0 saturated heterocycles. The maximum Gasteiger partial charge on any atom is 0.259 e. The lowest BCUT2D eigenvalue weighted by molar-refractivity contribution is 0.174. The second-order valence-electron chi connectivity index (χ2n) is 7.39. The molecule has 4 aromatic heterocycles. The molecule has 6 rings (SSSR count). The highest BCUT2D eigenvalue weighted by Crippen LogP contribution is 2.35. The lowest BCUT2D eigenvalue weighted by atomic mass is 10.2. The number of hydrogen-bond acceptors (Lipinski definition) is 8. The molecule has 0 amide bonds. The van der Waals surface area contributed by atoms with Crippen LogP contribution in [-0.2, 0) is 6.54 Å². The van der Waals surface area contributed by atoms with E-state index < -0.39 is 0 Å². The summed E-state index contributed by atoms with van der Waals surface area (Å²) in [6.45, 7) is 0.298. The monoisotopic (exact) mass is 441 g/mol. The average Bonchev–Trinajstić information content (AvgIpc) is 3.50. The van der Waals surface area contributed by atoms with Crippen LogP contribution in [0.2, 0.25) is 0 Å². The van der Waals surface area contributed by atoms with Crippen molar-refractivity contribution in [2.45, 2.75) is 6.54 Å². The second kappa shape index (κ2) is 7.45.